The number of amides is 1. The standard InChI is InChI=1S/C30H34N2O3/c1-35-29-15-6-5-10-23(29)13-9-20-31-19-8-7-14-28(33)26-16-17-27-25(22-26)18-21-32(27)30(34)24-11-3-2-4-12-24/h2-6,10-12,15-17,22,31H,7-9,13-14,18-21H2,1H3. The van der Waals surface area contributed by atoms with Crippen LogP contribution in [-0.2, 0) is 12.8 Å². The van der Waals surface area contributed by atoms with Crippen LogP contribution >= 0.6 is 0 Å². The highest BCUT2D eigenvalue weighted by Gasteiger charge is 2.26. The minimum Gasteiger partial charge on any atom is -0.496 e. The van der Waals surface area contributed by atoms with Crippen LogP contribution in [-0.4, -0.2) is 38.4 Å². The van der Waals surface area contributed by atoms with Gasteiger partial charge in [-0.2, -0.15) is 0 Å². The van der Waals surface area contributed by atoms with Crippen molar-refractivity contribution in [3.8, 4) is 5.75 Å². The molecule has 1 amide bonds. The van der Waals surface area contributed by atoms with Gasteiger partial charge in [-0.1, -0.05) is 36.4 Å². The number of rotatable bonds is 12. The van der Waals surface area contributed by atoms with Crippen molar-refractivity contribution in [2.24, 2.45) is 0 Å². The van der Waals surface area contributed by atoms with E-state index in [1.54, 1.807) is 7.11 Å². The maximum Gasteiger partial charge on any atom is 0.258 e. The average Bonchev–Trinajstić information content (AvgIpc) is 3.33. The van der Waals surface area contributed by atoms with Crippen LogP contribution in [0, 0.1) is 0 Å². The molecule has 0 unspecified atom stereocenters. The molecule has 5 nitrogen and oxygen atoms in total. The highest BCUT2D eigenvalue weighted by atomic mass is 16.5. The third-order valence-electron chi connectivity index (χ3n) is 6.56. The van der Waals surface area contributed by atoms with Crippen molar-refractivity contribution < 1.29 is 14.3 Å². The van der Waals surface area contributed by atoms with Gasteiger partial charge in [-0.05, 0) is 92.7 Å². The molecular weight excluding hydrogens is 436 g/mol. The van der Waals surface area contributed by atoms with Crippen molar-refractivity contribution in [3.05, 3.63) is 95.1 Å². The molecule has 0 spiro atoms. The summed E-state index contributed by atoms with van der Waals surface area (Å²) < 4.78 is 5.40. The van der Waals surface area contributed by atoms with E-state index in [4.69, 9.17) is 4.74 Å². The van der Waals surface area contributed by atoms with Crippen LogP contribution < -0.4 is 15.0 Å². The third-order valence-corrected chi connectivity index (χ3v) is 6.56. The number of aryl methyl sites for hydroxylation is 1. The van der Waals surface area contributed by atoms with E-state index >= 15 is 0 Å². The maximum absolute atomic E-state index is 12.8. The molecule has 0 fully saturated rings. The molecule has 182 valence electrons. The molecule has 0 atom stereocenters. The number of para-hydroxylation sites is 1. The van der Waals surface area contributed by atoms with E-state index in [1.165, 1.54) is 5.56 Å². The Morgan fingerprint density at radius 3 is 2.49 bits per heavy atom. The van der Waals surface area contributed by atoms with Gasteiger partial charge in [0.2, 0.25) is 0 Å². The Kier molecular flexibility index (Phi) is 8.68. The molecule has 0 saturated carbocycles. The number of hydrogen-bond acceptors (Lipinski definition) is 4. The zero-order valence-corrected chi connectivity index (χ0v) is 20.5. The number of nitrogens with one attached hydrogen (secondary N) is 1. The van der Waals surface area contributed by atoms with E-state index in [9.17, 15) is 9.59 Å². The Labute approximate surface area is 208 Å². The number of ether oxygens (including phenoxy) is 1. The minimum atomic E-state index is 0.0128. The summed E-state index contributed by atoms with van der Waals surface area (Å²) in [7, 11) is 1.71. The van der Waals surface area contributed by atoms with Crippen LogP contribution in [0.3, 0.4) is 0 Å². The maximum atomic E-state index is 12.8. The van der Waals surface area contributed by atoms with Gasteiger partial charge in [0, 0.05) is 29.8 Å². The summed E-state index contributed by atoms with van der Waals surface area (Å²) in [5.74, 6) is 1.14. The second-order valence-electron chi connectivity index (χ2n) is 8.96. The molecular formula is C30H34N2O3. The minimum absolute atomic E-state index is 0.0128. The van der Waals surface area contributed by atoms with Gasteiger partial charge in [-0.15, -0.1) is 0 Å². The first kappa shape index (κ1) is 24.7. The van der Waals surface area contributed by atoms with E-state index in [0.29, 0.717) is 18.5 Å². The monoisotopic (exact) mass is 470 g/mol. The molecule has 1 aliphatic heterocycles. The van der Waals surface area contributed by atoms with Gasteiger partial charge in [0.25, 0.3) is 5.91 Å². The Morgan fingerprint density at radius 2 is 1.66 bits per heavy atom. The van der Waals surface area contributed by atoms with Crippen molar-refractivity contribution in [1.29, 1.82) is 0 Å². The van der Waals surface area contributed by atoms with Gasteiger partial charge in [0.15, 0.2) is 5.78 Å². The summed E-state index contributed by atoms with van der Waals surface area (Å²) in [6, 6.07) is 23.3. The molecule has 5 heteroatoms. The molecule has 0 aromatic heterocycles. The average molecular weight is 471 g/mol. The molecule has 0 aliphatic carbocycles. The highest BCUT2D eigenvalue weighted by Crippen LogP contribution is 2.30. The zero-order chi connectivity index (χ0) is 24.5. The Balaban J connectivity index is 1.17. The van der Waals surface area contributed by atoms with Gasteiger partial charge in [0.1, 0.15) is 5.75 Å². The number of anilines is 1. The number of methoxy groups -OCH3 is 1. The van der Waals surface area contributed by atoms with Crippen molar-refractivity contribution in [2.75, 3.05) is 31.6 Å². The van der Waals surface area contributed by atoms with E-state index < -0.39 is 0 Å². The Bertz CT molecular complexity index is 1140. The van der Waals surface area contributed by atoms with Crippen LogP contribution in [0.2, 0.25) is 0 Å². The first-order valence-electron chi connectivity index (χ1n) is 12.5. The van der Waals surface area contributed by atoms with Crippen LogP contribution in [0.1, 0.15) is 57.5 Å². The lowest BCUT2D eigenvalue weighted by atomic mass is 10.0. The summed E-state index contributed by atoms with van der Waals surface area (Å²) in [4.78, 5) is 27.4. The second-order valence-corrected chi connectivity index (χ2v) is 8.96. The molecule has 0 radical (unpaired) electrons. The number of unbranched alkanes of at least 4 members (excludes halogenated alkanes) is 1. The molecule has 4 rings (SSSR count). The number of carbonyl (C=O) groups is 2. The van der Waals surface area contributed by atoms with Crippen LogP contribution in [0.5, 0.6) is 5.75 Å². The third kappa shape index (κ3) is 6.37. The number of nitrogens with zero attached hydrogens (tertiary/aromatic N) is 1. The Morgan fingerprint density at radius 1 is 0.886 bits per heavy atom. The van der Waals surface area contributed by atoms with Gasteiger partial charge >= 0.3 is 0 Å². The number of Topliss-reactive ketones (excluding diaryl/α,β-unsaturated/α-hetero) is 1. The second kappa shape index (κ2) is 12.3. The summed E-state index contributed by atoms with van der Waals surface area (Å²) in [5.41, 5.74) is 4.69. The van der Waals surface area contributed by atoms with E-state index in [0.717, 1.165) is 67.8 Å². The SMILES string of the molecule is COc1ccccc1CCCNCCCCC(=O)c1ccc2c(c1)CCN2C(=O)c1ccccc1. The van der Waals surface area contributed by atoms with E-state index in [2.05, 4.69) is 11.4 Å². The van der Waals surface area contributed by atoms with Crippen LogP contribution in [0.4, 0.5) is 5.69 Å². The molecule has 3 aromatic rings. The fourth-order valence-electron chi connectivity index (χ4n) is 4.64. The molecule has 1 N–H and O–H groups in total. The molecule has 0 saturated heterocycles. The normalized spacial score (nSPS) is 12.4. The number of fused-ring (bicyclic) bond motifs is 1. The number of carbonyl (C=O) groups excluding carboxylic acids is 2. The quantitative estimate of drug-likeness (QED) is 0.282. The van der Waals surface area contributed by atoms with Crippen molar-refractivity contribution in [1.82, 2.24) is 5.32 Å². The summed E-state index contributed by atoms with van der Waals surface area (Å²) >= 11 is 0. The van der Waals surface area contributed by atoms with E-state index in [-0.39, 0.29) is 11.7 Å². The molecule has 0 bridgehead atoms. The smallest absolute Gasteiger partial charge is 0.258 e. The lowest BCUT2D eigenvalue weighted by molar-refractivity contribution is 0.0975. The molecule has 35 heavy (non-hydrogen) atoms. The van der Waals surface area contributed by atoms with Crippen molar-refractivity contribution in [2.45, 2.75) is 38.5 Å². The zero-order valence-electron chi connectivity index (χ0n) is 20.5. The van der Waals surface area contributed by atoms with E-state index in [1.807, 2.05) is 71.6 Å². The molecule has 3 aromatic carbocycles. The fraction of sp³-hybridized carbons (Fsp3) is 0.333. The van der Waals surface area contributed by atoms with Crippen LogP contribution in [0.15, 0.2) is 72.8 Å². The molecule has 1 heterocycles. The lowest BCUT2D eigenvalue weighted by Gasteiger charge is -2.17. The number of hydrogen-bond donors (Lipinski definition) is 1. The van der Waals surface area contributed by atoms with Gasteiger partial charge in [-0.3, -0.25) is 9.59 Å². The predicted octanol–water partition coefficient (Wildman–Crippen LogP) is 5.47. The number of benzene rings is 3. The first-order chi connectivity index (χ1) is 17.2. The summed E-state index contributed by atoms with van der Waals surface area (Å²) in [6.07, 6.45) is 5.22. The largest absolute Gasteiger partial charge is 0.496 e. The number of ketones is 1. The molecule has 1 aliphatic rings. The van der Waals surface area contributed by atoms with Crippen molar-refractivity contribution >= 4 is 17.4 Å². The van der Waals surface area contributed by atoms with Gasteiger partial charge in [0.05, 0.1) is 7.11 Å². The fourth-order valence-corrected chi connectivity index (χ4v) is 4.64. The van der Waals surface area contributed by atoms with Crippen LogP contribution in [0.25, 0.3) is 0 Å². The predicted molar refractivity (Wildman–Crippen MR) is 141 cm³/mol. The lowest BCUT2D eigenvalue weighted by Crippen LogP contribution is -2.28. The highest BCUT2D eigenvalue weighted by molar-refractivity contribution is 6.07. The topological polar surface area (TPSA) is 58.6 Å². The Hall–Kier alpha value is -3.44. The van der Waals surface area contributed by atoms with Crippen molar-refractivity contribution in [3.63, 3.8) is 0 Å². The summed E-state index contributed by atoms with van der Waals surface area (Å²) in [6.45, 7) is 2.53. The van der Waals surface area contributed by atoms with Gasteiger partial charge in [-0.25, -0.2) is 0 Å². The summed E-state index contributed by atoms with van der Waals surface area (Å²) in [5, 5.41) is 3.48. The van der Waals surface area contributed by atoms with Gasteiger partial charge < -0.3 is 15.0 Å². The first-order valence-corrected chi connectivity index (χ1v) is 12.5.